The largest absolute Gasteiger partial charge is 0.296 e. The van der Waals surface area contributed by atoms with E-state index in [9.17, 15) is 4.79 Å². The first-order chi connectivity index (χ1) is 8.75. The molecule has 4 nitrogen and oxygen atoms in total. The highest BCUT2D eigenvalue weighted by atomic mass is 32.1. The van der Waals surface area contributed by atoms with Gasteiger partial charge >= 0.3 is 0 Å². The van der Waals surface area contributed by atoms with E-state index in [1.54, 1.807) is 12.2 Å². The van der Waals surface area contributed by atoms with Gasteiger partial charge in [0.2, 0.25) is 0 Å². The summed E-state index contributed by atoms with van der Waals surface area (Å²) in [5.41, 5.74) is 1.08. The molecule has 0 amide bonds. The van der Waals surface area contributed by atoms with Gasteiger partial charge in [-0.25, -0.2) is 0 Å². The maximum atomic E-state index is 11.4. The van der Waals surface area contributed by atoms with E-state index in [0.29, 0.717) is 5.69 Å². The molecule has 0 saturated carbocycles. The summed E-state index contributed by atoms with van der Waals surface area (Å²) in [6.45, 7) is 0. The molecule has 1 heterocycles. The molecule has 2 aromatic rings. The van der Waals surface area contributed by atoms with E-state index in [1.165, 1.54) is 0 Å². The van der Waals surface area contributed by atoms with Crippen LogP contribution < -0.4 is 5.56 Å². The average molecular weight is 257 g/mol. The van der Waals surface area contributed by atoms with E-state index >= 15 is 0 Å². The molecule has 0 aliphatic heterocycles. The SMILES string of the molecule is O=c1[nH]c(=S)[nH]nc1/C=C/C=C/c1ccccc1. The number of aromatic nitrogens is 3. The number of benzene rings is 1. The normalized spacial score (nSPS) is 11.3. The lowest BCUT2D eigenvalue weighted by molar-refractivity contribution is 0.911. The molecule has 0 fully saturated rings. The molecule has 0 aliphatic carbocycles. The van der Waals surface area contributed by atoms with Gasteiger partial charge in [-0.15, -0.1) is 0 Å². The first kappa shape index (κ1) is 12.2. The Morgan fingerprint density at radius 1 is 1.11 bits per heavy atom. The molecule has 0 atom stereocenters. The molecule has 5 heteroatoms. The summed E-state index contributed by atoms with van der Waals surface area (Å²) in [5, 5.41) is 6.36. The number of hydrogen-bond donors (Lipinski definition) is 2. The zero-order valence-corrected chi connectivity index (χ0v) is 10.3. The number of nitrogens with one attached hydrogen (secondary N) is 2. The summed E-state index contributed by atoms with van der Waals surface area (Å²) in [7, 11) is 0. The second-order valence-electron chi connectivity index (χ2n) is 3.52. The number of allylic oxidation sites excluding steroid dienone is 2. The van der Waals surface area contributed by atoms with Gasteiger partial charge < -0.3 is 0 Å². The number of H-pyrrole nitrogens is 2. The Labute approximate surface area is 109 Å². The number of aromatic amines is 2. The van der Waals surface area contributed by atoms with E-state index in [1.807, 2.05) is 42.5 Å². The van der Waals surface area contributed by atoms with Crippen molar-refractivity contribution in [3.05, 3.63) is 68.9 Å². The van der Waals surface area contributed by atoms with Crippen LogP contribution in [0.15, 0.2) is 47.3 Å². The van der Waals surface area contributed by atoms with Gasteiger partial charge in [0.15, 0.2) is 4.77 Å². The molecular formula is C13H11N3OS. The summed E-state index contributed by atoms with van der Waals surface area (Å²) in [5.74, 6) is 0. The second kappa shape index (κ2) is 5.88. The molecular weight excluding hydrogens is 246 g/mol. The molecule has 90 valence electrons. The predicted octanol–water partition coefficient (Wildman–Crippen LogP) is 2.55. The van der Waals surface area contributed by atoms with Crippen molar-refractivity contribution in [3.8, 4) is 0 Å². The Morgan fingerprint density at radius 3 is 2.56 bits per heavy atom. The molecule has 0 saturated heterocycles. The van der Waals surface area contributed by atoms with Crippen molar-refractivity contribution in [2.24, 2.45) is 0 Å². The Kier molecular flexibility index (Phi) is 3.98. The quantitative estimate of drug-likeness (QED) is 0.656. The summed E-state index contributed by atoms with van der Waals surface area (Å²) < 4.78 is 0.219. The Bertz CT molecular complexity index is 683. The van der Waals surface area contributed by atoms with Crippen LogP contribution in [0, 0.1) is 4.77 Å². The molecule has 0 radical (unpaired) electrons. The van der Waals surface area contributed by atoms with Crippen molar-refractivity contribution in [1.29, 1.82) is 0 Å². The summed E-state index contributed by atoms with van der Waals surface area (Å²) >= 11 is 4.75. The second-order valence-corrected chi connectivity index (χ2v) is 3.93. The van der Waals surface area contributed by atoms with Crippen LogP contribution in [0.5, 0.6) is 0 Å². The average Bonchev–Trinajstić information content (AvgIpc) is 2.38. The molecule has 2 N–H and O–H groups in total. The summed E-state index contributed by atoms with van der Waals surface area (Å²) in [6.07, 6.45) is 7.15. The third-order valence-corrected chi connectivity index (χ3v) is 2.38. The van der Waals surface area contributed by atoms with E-state index in [2.05, 4.69) is 15.2 Å². The minimum Gasteiger partial charge on any atom is -0.296 e. The maximum absolute atomic E-state index is 11.4. The van der Waals surface area contributed by atoms with E-state index < -0.39 is 0 Å². The van der Waals surface area contributed by atoms with Crippen LogP contribution in [-0.2, 0) is 0 Å². The molecule has 0 unspecified atom stereocenters. The maximum Gasteiger partial charge on any atom is 0.277 e. The lowest BCUT2D eigenvalue weighted by Gasteiger charge is -1.90. The molecule has 2 rings (SSSR count). The van der Waals surface area contributed by atoms with Crippen LogP contribution in [0.4, 0.5) is 0 Å². The minimum absolute atomic E-state index is 0.219. The van der Waals surface area contributed by atoms with Gasteiger partial charge in [-0.3, -0.25) is 14.9 Å². The Hall–Kier alpha value is -2.27. The van der Waals surface area contributed by atoms with Crippen LogP contribution in [0.3, 0.4) is 0 Å². The molecule has 0 bridgehead atoms. The molecule has 0 spiro atoms. The topological polar surface area (TPSA) is 61.5 Å². The van der Waals surface area contributed by atoms with Crippen LogP contribution in [0.2, 0.25) is 0 Å². The summed E-state index contributed by atoms with van der Waals surface area (Å²) in [4.78, 5) is 13.9. The minimum atomic E-state index is -0.303. The molecule has 18 heavy (non-hydrogen) atoms. The fourth-order valence-electron chi connectivity index (χ4n) is 1.35. The first-order valence-corrected chi connectivity index (χ1v) is 5.75. The third-order valence-electron chi connectivity index (χ3n) is 2.19. The van der Waals surface area contributed by atoms with Crippen molar-refractivity contribution in [2.75, 3.05) is 0 Å². The van der Waals surface area contributed by atoms with Crippen molar-refractivity contribution in [3.63, 3.8) is 0 Å². The number of nitrogens with zero attached hydrogens (tertiary/aromatic N) is 1. The summed E-state index contributed by atoms with van der Waals surface area (Å²) in [6, 6.07) is 9.88. The zero-order valence-electron chi connectivity index (χ0n) is 9.46. The van der Waals surface area contributed by atoms with E-state index in [0.717, 1.165) is 5.56 Å². The van der Waals surface area contributed by atoms with Gasteiger partial charge in [0, 0.05) is 0 Å². The smallest absolute Gasteiger partial charge is 0.277 e. The third kappa shape index (κ3) is 3.36. The molecule has 1 aromatic carbocycles. The predicted molar refractivity (Wildman–Crippen MR) is 74.6 cm³/mol. The lowest BCUT2D eigenvalue weighted by Crippen LogP contribution is -2.12. The first-order valence-electron chi connectivity index (χ1n) is 5.34. The fourth-order valence-corrected chi connectivity index (χ4v) is 1.49. The van der Waals surface area contributed by atoms with Gasteiger partial charge in [-0.05, 0) is 23.9 Å². The highest BCUT2D eigenvalue weighted by Crippen LogP contribution is 2.01. The highest BCUT2D eigenvalue weighted by molar-refractivity contribution is 7.71. The van der Waals surface area contributed by atoms with Crippen molar-refractivity contribution in [1.82, 2.24) is 15.2 Å². The molecule has 0 aliphatic rings. The lowest BCUT2D eigenvalue weighted by atomic mass is 10.2. The Morgan fingerprint density at radius 2 is 1.83 bits per heavy atom. The van der Waals surface area contributed by atoms with E-state index in [-0.39, 0.29) is 10.3 Å². The Balaban J connectivity index is 2.10. The fraction of sp³-hybridized carbons (Fsp3) is 0. The van der Waals surface area contributed by atoms with Gasteiger partial charge in [0.1, 0.15) is 5.69 Å². The van der Waals surface area contributed by atoms with Crippen LogP contribution in [0.1, 0.15) is 11.3 Å². The van der Waals surface area contributed by atoms with Crippen LogP contribution in [0.25, 0.3) is 12.2 Å². The monoisotopic (exact) mass is 257 g/mol. The highest BCUT2D eigenvalue weighted by Gasteiger charge is 1.93. The van der Waals surface area contributed by atoms with Crippen molar-refractivity contribution >= 4 is 24.4 Å². The van der Waals surface area contributed by atoms with Gasteiger partial charge in [0.25, 0.3) is 5.56 Å². The standard InChI is InChI=1S/C13H11N3OS/c17-12-11(15-16-13(18)14-12)9-5-4-8-10-6-2-1-3-7-10/h1-9H,(H2,14,16,17,18)/b8-4+,9-5+. The van der Waals surface area contributed by atoms with Crippen molar-refractivity contribution in [2.45, 2.75) is 0 Å². The van der Waals surface area contributed by atoms with E-state index in [4.69, 9.17) is 12.2 Å². The molecule has 1 aromatic heterocycles. The van der Waals surface area contributed by atoms with Crippen molar-refractivity contribution < 1.29 is 0 Å². The van der Waals surface area contributed by atoms with Crippen LogP contribution >= 0.6 is 12.2 Å². The van der Waals surface area contributed by atoms with Gasteiger partial charge in [-0.2, -0.15) is 5.10 Å². The van der Waals surface area contributed by atoms with Crippen LogP contribution in [-0.4, -0.2) is 15.2 Å². The number of rotatable bonds is 3. The zero-order chi connectivity index (χ0) is 12.8. The number of hydrogen-bond acceptors (Lipinski definition) is 3. The van der Waals surface area contributed by atoms with Gasteiger partial charge in [0.05, 0.1) is 0 Å². The van der Waals surface area contributed by atoms with Gasteiger partial charge in [-0.1, -0.05) is 48.6 Å².